The molecule has 58 valence electrons. The van der Waals surface area contributed by atoms with E-state index in [0.717, 1.165) is 25.8 Å². The minimum absolute atomic E-state index is 0.182. The Morgan fingerprint density at radius 3 is 2.90 bits per heavy atom. The summed E-state index contributed by atoms with van der Waals surface area (Å²) in [6, 6.07) is -0.182. The molecular formula is C6H12N2O2. The Labute approximate surface area is 59.6 Å². The summed E-state index contributed by atoms with van der Waals surface area (Å²) in [5.41, 5.74) is 1.63. The van der Waals surface area contributed by atoms with E-state index in [4.69, 9.17) is 5.21 Å². The first-order chi connectivity index (χ1) is 4.84. The highest BCUT2D eigenvalue weighted by atomic mass is 16.5. The standard InChI is InChI=1S/C6H12N2O2/c9-6(8-10)5-3-1-2-4-7-5/h5,7,10H,1-4H2,(H,8,9)/t5-/m1/s1. The Morgan fingerprint density at radius 2 is 2.40 bits per heavy atom. The van der Waals surface area contributed by atoms with E-state index in [1.54, 1.807) is 5.48 Å². The van der Waals surface area contributed by atoms with E-state index < -0.39 is 0 Å². The number of hydroxylamine groups is 1. The van der Waals surface area contributed by atoms with Crippen LogP contribution in [0.2, 0.25) is 0 Å². The maximum absolute atomic E-state index is 10.7. The molecule has 0 aromatic rings. The number of hydrogen-bond acceptors (Lipinski definition) is 3. The summed E-state index contributed by atoms with van der Waals surface area (Å²) in [6.07, 6.45) is 3.01. The molecule has 0 bridgehead atoms. The average Bonchev–Trinajstić information content (AvgIpc) is 2.05. The van der Waals surface area contributed by atoms with Crippen molar-refractivity contribution < 1.29 is 10.0 Å². The van der Waals surface area contributed by atoms with E-state index in [0.29, 0.717) is 0 Å². The van der Waals surface area contributed by atoms with Crippen molar-refractivity contribution >= 4 is 5.91 Å². The predicted molar refractivity (Wildman–Crippen MR) is 35.6 cm³/mol. The zero-order valence-electron chi connectivity index (χ0n) is 5.76. The summed E-state index contributed by atoms with van der Waals surface area (Å²) >= 11 is 0. The number of amides is 1. The lowest BCUT2D eigenvalue weighted by atomic mass is 10.1. The third kappa shape index (κ3) is 1.68. The van der Waals surface area contributed by atoms with E-state index >= 15 is 0 Å². The third-order valence-corrected chi connectivity index (χ3v) is 1.74. The summed E-state index contributed by atoms with van der Waals surface area (Å²) < 4.78 is 0. The van der Waals surface area contributed by atoms with Gasteiger partial charge in [-0.15, -0.1) is 0 Å². The van der Waals surface area contributed by atoms with Crippen molar-refractivity contribution in [1.82, 2.24) is 10.8 Å². The average molecular weight is 144 g/mol. The molecule has 0 radical (unpaired) electrons. The Kier molecular flexibility index (Phi) is 2.65. The first-order valence-electron chi connectivity index (χ1n) is 3.52. The van der Waals surface area contributed by atoms with Crippen molar-refractivity contribution in [3.63, 3.8) is 0 Å². The molecule has 1 rings (SSSR count). The van der Waals surface area contributed by atoms with Gasteiger partial charge in [0.1, 0.15) is 0 Å². The second-order valence-corrected chi connectivity index (χ2v) is 2.48. The lowest BCUT2D eigenvalue weighted by molar-refractivity contribution is -0.131. The Hall–Kier alpha value is -0.610. The van der Waals surface area contributed by atoms with Gasteiger partial charge < -0.3 is 5.32 Å². The molecule has 10 heavy (non-hydrogen) atoms. The summed E-state index contributed by atoms with van der Waals surface area (Å²) in [7, 11) is 0. The topological polar surface area (TPSA) is 61.4 Å². The van der Waals surface area contributed by atoms with Crippen molar-refractivity contribution in [1.29, 1.82) is 0 Å². The molecule has 1 amide bonds. The Balaban J connectivity index is 2.31. The lowest BCUT2D eigenvalue weighted by Crippen LogP contribution is -2.45. The molecule has 4 heteroatoms. The molecule has 0 aromatic heterocycles. The van der Waals surface area contributed by atoms with E-state index in [1.165, 1.54) is 0 Å². The highest BCUT2D eigenvalue weighted by Crippen LogP contribution is 2.05. The van der Waals surface area contributed by atoms with Crippen LogP contribution in [0.5, 0.6) is 0 Å². The minimum Gasteiger partial charge on any atom is -0.306 e. The number of carbonyl (C=O) groups excluding carboxylic acids is 1. The van der Waals surface area contributed by atoms with Gasteiger partial charge in [0, 0.05) is 0 Å². The van der Waals surface area contributed by atoms with Crippen LogP contribution in [0, 0.1) is 0 Å². The first kappa shape index (κ1) is 7.50. The van der Waals surface area contributed by atoms with Crippen LogP contribution in [0.3, 0.4) is 0 Å². The zero-order valence-corrected chi connectivity index (χ0v) is 5.76. The highest BCUT2D eigenvalue weighted by molar-refractivity contribution is 5.80. The Morgan fingerprint density at radius 1 is 1.60 bits per heavy atom. The molecule has 1 atom stereocenters. The molecule has 1 aliphatic heterocycles. The fraction of sp³-hybridized carbons (Fsp3) is 0.833. The molecule has 1 saturated heterocycles. The monoisotopic (exact) mass is 144 g/mol. The van der Waals surface area contributed by atoms with Crippen LogP contribution in [0.25, 0.3) is 0 Å². The van der Waals surface area contributed by atoms with Crippen molar-refractivity contribution in [2.75, 3.05) is 6.54 Å². The number of piperidine rings is 1. The maximum atomic E-state index is 10.7. The van der Waals surface area contributed by atoms with Gasteiger partial charge in [0.15, 0.2) is 0 Å². The van der Waals surface area contributed by atoms with Crippen LogP contribution in [0.1, 0.15) is 19.3 Å². The molecule has 0 aliphatic carbocycles. The van der Waals surface area contributed by atoms with E-state index in [-0.39, 0.29) is 11.9 Å². The quantitative estimate of drug-likeness (QED) is 0.347. The summed E-state index contributed by atoms with van der Waals surface area (Å²) in [5.74, 6) is -0.320. The smallest absolute Gasteiger partial charge is 0.260 e. The molecule has 1 heterocycles. The van der Waals surface area contributed by atoms with Crippen LogP contribution in [-0.2, 0) is 4.79 Å². The second-order valence-electron chi connectivity index (χ2n) is 2.48. The van der Waals surface area contributed by atoms with Gasteiger partial charge in [-0.3, -0.25) is 10.0 Å². The van der Waals surface area contributed by atoms with Gasteiger partial charge in [-0.1, -0.05) is 6.42 Å². The minimum atomic E-state index is -0.320. The molecular weight excluding hydrogens is 132 g/mol. The third-order valence-electron chi connectivity index (χ3n) is 1.74. The van der Waals surface area contributed by atoms with E-state index in [1.807, 2.05) is 0 Å². The molecule has 0 spiro atoms. The van der Waals surface area contributed by atoms with Gasteiger partial charge in [0.25, 0.3) is 5.91 Å². The van der Waals surface area contributed by atoms with Gasteiger partial charge in [0.2, 0.25) is 0 Å². The lowest BCUT2D eigenvalue weighted by Gasteiger charge is -2.20. The fourth-order valence-corrected chi connectivity index (χ4v) is 1.15. The predicted octanol–water partition coefficient (Wildman–Crippen LogP) is -0.366. The number of hydrogen-bond donors (Lipinski definition) is 3. The van der Waals surface area contributed by atoms with Gasteiger partial charge in [0.05, 0.1) is 6.04 Å². The molecule has 1 fully saturated rings. The van der Waals surface area contributed by atoms with Crippen LogP contribution < -0.4 is 10.8 Å². The zero-order chi connectivity index (χ0) is 7.40. The first-order valence-corrected chi connectivity index (χ1v) is 3.52. The van der Waals surface area contributed by atoms with Crippen LogP contribution >= 0.6 is 0 Å². The fourth-order valence-electron chi connectivity index (χ4n) is 1.15. The molecule has 0 aromatic carbocycles. The van der Waals surface area contributed by atoms with Gasteiger partial charge >= 0.3 is 0 Å². The van der Waals surface area contributed by atoms with Gasteiger partial charge in [-0.05, 0) is 19.4 Å². The van der Waals surface area contributed by atoms with Crippen LogP contribution in [0.4, 0.5) is 0 Å². The van der Waals surface area contributed by atoms with Gasteiger partial charge in [-0.2, -0.15) is 0 Å². The van der Waals surface area contributed by atoms with Crippen molar-refractivity contribution in [2.24, 2.45) is 0 Å². The summed E-state index contributed by atoms with van der Waals surface area (Å²) in [6.45, 7) is 0.873. The number of rotatable bonds is 1. The SMILES string of the molecule is O=C(NO)[C@H]1CCCCN1. The molecule has 4 nitrogen and oxygen atoms in total. The van der Waals surface area contributed by atoms with Crippen molar-refractivity contribution in [2.45, 2.75) is 25.3 Å². The summed E-state index contributed by atoms with van der Waals surface area (Å²) in [5, 5.41) is 11.2. The normalized spacial score (nSPS) is 25.9. The van der Waals surface area contributed by atoms with Crippen molar-refractivity contribution in [3.05, 3.63) is 0 Å². The van der Waals surface area contributed by atoms with Gasteiger partial charge in [-0.25, -0.2) is 5.48 Å². The van der Waals surface area contributed by atoms with E-state index in [2.05, 4.69) is 5.32 Å². The van der Waals surface area contributed by atoms with Crippen LogP contribution in [-0.4, -0.2) is 23.7 Å². The van der Waals surface area contributed by atoms with Crippen LogP contribution in [0.15, 0.2) is 0 Å². The Bertz CT molecular complexity index is 121. The van der Waals surface area contributed by atoms with E-state index in [9.17, 15) is 4.79 Å². The molecule has 0 saturated carbocycles. The second kappa shape index (κ2) is 3.53. The molecule has 3 N–H and O–H groups in total. The molecule has 1 aliphatic rings. The number of carbonyl (C=O) groups is 1. The number of nitrogens with one attached hydrogen (secondary N) is 2. The summed E-state index contributed by atoms with van der Waals surface area (Å²) in [4.78, 5) is 10.7. The molecule has 0 unspecified atom stereocenters. The largest absolute Gasteiger partial charge is 0.306 e. The van der Waals surface area contributed by atoms with Crippen molar-refractivity contribution in [3.8, 4) is 0 Å². The maximum Gasteiger partial charge on any atom is 0.260 e. The highest BCUT2D eigenvalue weighted by Gasteiger charge is 2.19.